The van der Waals surface area contributed by atoms with E-state index in [4.69, 9.17) is 0 Å². The monoisotopic (exact) mass is 307 g/mol. The first-order valence-electron chi connectivity index (χ1n) is 7.67. The summed E-state index contributed by atoms with van der Waals surface area (Å²) >= 11 is 0. The van der Waals surface area contributed by atoms with Gasteiger partial charge in [-0.25, -0.2) is 9.97 Å². The molecule has 0 bridgehead atoms. The molecule has 0 saturated carbocycles. The third kappa shape index (κ3) is 3.46. The minimum Gasteiger partial charge on any atom is -0.368 e. The van der Waals surface area contributed by atoms with E-state index in [2.05, 4.69) is 70.5 Å². The van der Waals surface area contributed by atoms with E-state index in [1.165, 1.54) is 11.1 Å². The van der Waals surface area contributed by atoms with Crippen LogP contribution in [0.4, 0.5) is 5.82 Å². The number of benzene rings is 1. The summed E-state index contributed by atoms with van der Waals surface area (Å²) in [4.78, 5) is 14.9. The van der Waals surface area contributed by atoms with Gasteiger partial charge in [-0.1, -0.05) is 29.8 Å². The molecule has 0 saturated heterocycles. The van der Waals surface area contributed by atoms with Crippen molar-refractivity contribution in [1.82, 2.24) is 19.9 Å². The van der Waals surface area contributed by atoms with Gasteiger partial charge < -0.3 is 10.2 Å². The molecule has 1 atom stereocenters. The Hall–Kier alpha value is -2.53. The van der Waals surface area contributed by atoms with Gasteiger partial charge in [-0.3, -0.25) is 4.98 Å². The van der Waals surface area contributed by atoms with E-state index in [1.807, 2.05) is 6.07 Å². The molecule has 5 heteroatoms. The predicted octanol–water partition coefficient (Wildman–Crippen LogP) is 3.05. The van der Waals surface area contributed by atoms with Gasteiger partial charge in [0.25, 0.3) is 0 Å². The van der Waals surface area contributed by atoms with Crippen LogP contribution in [-0.4, -0.2) is 40.5 Å². The average Bonchev–Trinajstić information content (AvgIpc) is 2.56. The van der Waals surface area contributed by atoms with Crippen LogP contribution in [0.25, 0.3) is 10.9 Å². The molecule has 23 heavy (non-hydrogen) atoms. The third-order valence-corrected chi connectivity index (χ3v) is 3.99. The van der Waals surface area contributed by atoms with E-state index >= 15 is 0 Å². The maximum Gasteiger partial charge on any atom is 0.137 e. The predicted molar refractivity (Wildman–Crippen MR) is 93.4 cm³/mol. The van der Waals surface area contributed by atoms with Gasteiger partial charge in [-0.2, -0.15) is 0 Å². The highest BCUT2D eigenvalue weighted by Crippen LogP contribution is 2.22. The maximum atomic E-state index is 4.38. The Balaban J connectivity index is 1.82. The molecule has 0 fully saturated rings. The van der Waals surface area contributed by atoms with Crippen LogP contribution in [0.3, 0.4) is 0 Å². The molecule has 3 rings (SSSR count). The molecular formula is C18H21N5. The summed E-state index contributed by atoms with van der Waals surface area (Å²) in [6.07, 6.45) is 5.09. The first kappa shape index (κ1) is 15.4. The van der Waals surface area contributed by atoms with E-state index < -0.39 is 0 Å². The number of aromatic nitrogens is 3. The lowest BCUT2D eigenvalue weighted by molar-refractivity contribution is 0.311. The van der Waals surface area contributed by atoms with Gasteiger partial charge in [0.05, 0.1) is 17.8 Å². The van der Waals surface area contributed by atoms with Gasteiger partial charge in [0, 0.05) is 18.1 Å². The van der Waals surface area contributed by atoms with Crippen LogP contribution in [0.5, 0.6) is 0 Å². The van der Waals surface area contributed by atoms with Crippen molar-refractivity contribution in [2.45, 2.75) is 13.0 Å². The van der Waals surface area contributed by atoms with Crippen LogP contribution in [0.15, 0.2) is 49.1 Å². The third-order valence-electron chi connectivity index (χ3n) is 3.99. The van der Waals surface area contributed by atoms with Crippen molar-refractivity contribution in [3.63, 3.8) is 0 Å². The second-order valence-electron chi connectivity index (χ2n) is 5.89. The maximum absolute atomic E-state index is 4.38. The number of pyridine rings is 1. The number of aryl methyl sites for hydroxylation is 1. The zero-order valence-electron chi connectivity index (χ0n) is 13.7. The number of fused-ring (bicyclic) bond motifs is 1. The molecule has 3 aromatic rings. The molecule has 1 unspecified atom stereocenters. The van der Waals surface area contributed by atoms with Crippen LogP contribution < -0.4 is 5.32 Å². The van der Waals surface area contributed by atoms with E-state index in [9.17, 15) is 0 Å². The molecule has 0 radical (unpaired) electrons. The Morgan fingerprint density at radius 1 is 1.09 bits per heavy atom. The van der Waals surface area contributed by atoms with E-state index in [1.54, 1.807) is 18.7 Å². The fourth-order valence-electron chi connectivity index (χ4n) is 2.63. The van der Waals surface area contributed by atoms with Crippen molar-refractivity contribution in [3.05, 3.63) is 60.2 Å². The molecule has 0 aliphatic rings. The van der Waals surface area contributed by atoms with Crippen molar-refractivity contribution in [3.8, 4) is 0 Å². The minimum atomic E-state index is 0.266. The highest BCUT2D eigenvalue weighted by Gasteiger charge is 2.14. The lowest BCUT2D eigenvalue weighted by Crippen LogP contribution is -2.27. The topological polar surface area (TPSA) is 53.9 Å². The number of rotatable bonds is 5. The minimum absolute atomic E-state index is 0.266. The summed E-state index contributed by atoms with van der Waals surface area (Å²) in [6.45, 7) is 2.87. The molecule has 2 aromatic heterocycles. The molecule has 2 heterocycles. The van der Waals surface area contributed by atoms with Gasteiger partial charge in [0.2, 0.25) is 0 Å². The summed E-state index contributed by atoms with van der Waals surface area (Å²) in [6, 6.07) is 10.9. The van der Waals surface area contributed by atoms with E-state index in [-0.39, 0.29) is 6.04 Å². The number of anilines is 1. The van der Waals surface area contributed by atoms with E-state index in [0.717, 1.165) is 23.3 Å². The van der Waals surface area contributed by atoms with Gasteiger partial charge in [-0.05, 0) is 32.6 Å². The molecule has 118 valence electrons. The van der Waals surface area contributed by atoms with Gasteiger partial charge >= 0.3 is 0 Å². The molecule has 0 spiro atoms. The lowest BCUT2D eigenvalue weighted by atomic mass is 10.0. The highest BCUT2D eigenvalue weighted by atomic mass is 15.1. The van der Waals surface area contributed by atoms with Crippen LogP contribution >= 0.6 is 0 Å². The second-order valence-corrected chi connectivity index (χ2v) is 5.89. The first-order chi connectivity index (χ1) is 11.1. The summed E-state index contributed by atoms with van der Waals surface area (Å²) in [7, 11) is 4.18. The highest BCUT2D eigenvalue weighted by molar-refractivity contribution is 5.87. The van der Waals surface area contributed by atoms with Crippen LogP contribution in [-0.2, 0) is 0 Å². The summed E-state index contributed by atoms with van der Waals surface area (Å²) in [5.74, 6) is 0.844. The Bertz CT molecular complexity index is 778. The largest absolute Gasteiger partial charge is 0.368 e. The number of hydrogen-bond donors (Lipinski definition) is 1. The number of nitrogens with one attached hydrogen (secondary N) is 1. The van der Waals surface area contributed by atoms with Crippen molar-refractivity contribution in [2.75, 3.05) is 26.0 Å². The Morgan fingerprint density at radius 2 is 1.87 bits per heavy atom. The molecule has 1 aromatic carbocycles. The first-order valence-corrected chi connectivity index (χ1v) is 7.67. The Kier molecular flexibility index (Phi) is 4.48. The van der Waals surface area contributed by atoms with Crippen molar-refractivity contribution in [2.24, 2.45) is 0 Å². The molecule has 0 aliphatic carbocycles. The number of nitrogens with zero attached hydrogens (tertiary/aromatic N) is 4. The van der Waals surface area contributed by atoms with Gasteiger partial charge in [0.15, 0.2) is 0 Å². The molecule has 1 N–H and O–H groups in total. The van der Waals surface area contributed by atoms with Crippen molar-refractivity contribution < 1.29 is 0 Å². The molecular weight excluding hydrogens is 286 g/mol. The SMILES string of the molecule is Cc1ccc(C(CNc2ncnc3cnccc23)N(C)C)cc1. The van der Waals surface area contributed by atoms with Gasteiger partial charge in [-0.15, -0.1) is 0 Å². The standard InChI is InChI=1S/C18H21N5/c1-13-4-6-14(7-5-13)17(23(2)3)11-20-18-15-8-9-19-10-16(15)21-12-22-18/h4-10,12,17H,11H2,1-3H3,(H,20,21,22). The quantitative estimate of drug-likeness (QED) is 0.785. The summed E-state index contributed by atoms with van der Waals surface area (Å²) in [5.41, 5.74) is 3.41. The molecule has 0 amide bonds. The van der Waals surface area contributed by atoms with Gasteiger partial charge in [0.1, 0.15) is 12.1 Å². The number of hydrogen-bond acceptors (Lipinski definition) is 5. The van der Waals surface area contributed by atoms with Crippen LogP contribution in [0.1, 0.15) is 17.2 Å². The molecule has 5 nitrogen and oxygen atoms in total. The Morgan fingerprint density at radius 3 is 2.61 bits per heavy atom. The fourth-order valence-corrected chi connectivity index (χ4v) is 2.63. The summed E-state index contributed by atoms with van der Waals surface area (Å²) < 4.78 is 0. The zero-order chi connectivity index (χ0) is 16.2. The normalized spacial score (nSPS) is 12.5. The average molecular weight is 307 g/mol. The van der Waals surface area contributed by atoms with Crippen LogP contribution in [0.2, 0.25) is 0 Å². The van der Waals surface area contributed by atoms with Crippen molar-refractivity contribution >= 4 is 16.7 Å². The van der Waals surface area contributed by atoms with Crippen LogP contribution in [0, 0.1) is 6.92 Å². The second kappa shape index (κ2) is 6.71. The van der Waals surface area contributed by atoms with E-state index in [0.29, 0.717) is 0 Å². The smallest absolute Gasteiger partial charge is 0.137 e. The molecule has 0 aliphatic heterocycles. The Labute approximate surface area is 136 Å². The number of likely N-dealkylation sites (N-methyl/N-ethyl adjacent to an activating group) is 1. The lowest BCUT2D eigenvalue weighted by Gasteiger charge is -2.25. The summed E-state index contributed by atoms with van der Waals surface area (Å²) in [5, 5.41) is 4.45. The zero-order valence-corrected chi connectivity index (χ0v) is 13.7. The fraction of sp³-hybridized carbons (Fsp3) is 0.278. The van der Waals surface area contributed by atoms with Crippen molar-refractivity contribution in [1.29, 1.82) is 0 Å².